The average molecular weight is 268 g/mol. The van der Waals surface area contributed by atoms with Crippen molar-refractivity contribution in [1.29, 1.82) is 0 Å². The number of thiophene rings is 1. The van der Waals surface area contributed by atoms with Crippen molar-refractivity contribution < 1.29 is 4.74 Å². The number of benzene rings is 1. The van der Waals surface area contributed by atoms with E-state index < -0.39 is 0 Å². The van der Waals surface area contributed by atoms with Gasteiger partial charge in [-0.05, 0) is 48.5 Å². The summed E-state index contributed by atoms with van der Waals surface area (Å²) in [5.41, 5.74) is 2.42. The van der Waals surface area contributed by atoms with Crippen molar-refractivity contribution in [2.75, 3.05) is 14.2 Å². The summed E-state index contributed by atoms with van der Waals surface area (Å²) in [5.74, 6) is 0.877. The molecule has 0 saturated carbocycles. The number of ether oxygens (including phenoxy) is 1. The highest BCUT2D eigenvalue weighted by Crippen LogP contribution is 2.34. The molecule has 2 aromatic rings. The minimum Gasteiger partial charge on any atom is -0.497 e. The number of nitrogens with one attached hydrogen (secondary N) is 1. The van der Waals surface area contributed by atoms with Crippen molar-refractivity contribution >= 4 is 22.9 Å². The Morgan fingerprint density at radius 1 is 1.29 bits per heavy atom. The van der Waals surface area contributed by atoms with Gasteiger partial charge in [0.1, 0.15) is 5.75 Å². The first-order chi connectivity index (χ1) is 8.24. The van der Waals surface area contributed by atoms with Crippen LogP contribution in [0.25, 0.3) is 10.4 Å². The van der Waals surface area contributed by atoms with Gasteiger partial charge in [-0.2, -0.15) is 0 Å². The van der Waals surface area contributed by atoms with Gasteiger partial charge in [0.15, 0.2) is 0 Å². The fourth-order valence-electron chi connectivity index (χ4n) is 1.73. The van der Waals surface area contributed by atoms with E-state index in [4.69, 9.17) is 16.3 Å². The van der Waals surface area contributed by atoms with E-state index >= 15 is 0 Å². The molecule has 0 bridgehead atoms. The summed E-state index contributed by atoms with van der Waals surface area (Å²) in [7, 11) is 3.62. The van der Waals surface area contributed by atoms with Gasteiger partial charge in [0, 0.05) is 11.4 Å². The van der Waals surface area contributed by atoms with Crippen LogP contribution in [0, 0.1) is 0 Å². The van der Waals surface area contributed by atoms with E-state index in [1.807, 2.05) is 25.2 Å². The summed E-state index contributed by atoms with van der Waals surface area (Å²) in [5, 5.41) is 3.17. The maximum absolute atomic E-state index is 5.98. The maximum atomic E-state index is 5.98. The number of hydrogen-bond acceptors (Lipinski definition) is 3. The Morgan fingerprint density at radius 3 is 2.71 bits per heavy atom. The minimum atomic E-state index is 0.808. The third-order valence-electron chi connectivity index (χ3n) is 2.52. The maximum Gasteiger partial charge on any atom is 0.119 e. The molecule has 2 rings (SSSR count). The number of halogens is 1. The first-order valence-corrected chi connectivity index (χ1v) is 6.51. The van der Waals surface area contributed by atoms with E-state index in [0.29, 0.717) is 0 Å². The zero-order valence-electron chi connectivity index (χ0n) is 9.79. The molecule has 1 N–H and O–H groups in total. The molecule has 0 aliphatic carbocycles. The summed E-state index contributed by atoms with van der Waals surface area (Å²) in [4.78, 5) is 1.18. The largest absolute Gasteiger partial charge is 0.497 e. The van der Waals surface area contributed by atoms with Crippen LogP contribution in [-0.2, 0) is 6.54 Å². The molecule has 4 heteroatoms. The lowest BCUT2D eigenvalue weighted by molar-refractivity contribution is 0.414. The van der Waals surface area contributed by atoms with Crippen LogP contribution in [-0.4, -0.2) is 14.2 Å². The normalized spacial score (nSPS) is 10.5. The monoisotopic (exact) mass is 267 g/mol. The van der Waals surface area contributed by atoms with Crippen molar-refractivity contribution in [2.45, 2.75) is 6.54 Å². The van der Waals surface area contributed by atoms with Crippen molar-refractivity contribution in [3.63, 3.8) is 0 Å². The lowest BCUT2D eigenvalue weighted by atomic mass is 10.1. The van der Waals surface area contributed by atoms with E-state index in [1.165, 1.54) is 16.0 Å². The van der Waals surface area contributed by atoms with E-state index in [9.17, 15) is 0 Å². The molecular weight excluding hydrogens is 254 g/mol. The van der Waals surface area contributed by atoms with Crippen LogP contribution >= 0.6 is 22.9 Å². The van der Waals surface area contributed by atoms with Crippen LogP contribution in [0.15, 0.2) is 30.3 Å². The van der Waals surface area contributed by atoms with E-state index in [1.54, 1.807) is 18.4 Å². The van der Waals surface area contributed by atoms with Crippen molar-refractivity contribution in [2.24, 2.45) is 0 Å². The van der Waals surface area contributed by atoms with Crippen molar-refractivity contribution in [1.82, 2.24) is 5.32 Å². The van der Waals surface area contributed by atoms with Crippen LogP contribution in [0.2, 0.25) is 4.34 Å². The summed E-state index contributed by atoms with van der Waals surface area (Å²) >= 11 is 7.57. The van der Waals surface area contributed by atoms with Gasteiger partial charge in [0.25, 0.3) is 0 Å². The zero-order valence-corrected chi connectivity index (χ0v) is 11.4. The summed E-state index contributed by atoms with van der Waals surface area (Å²) in [6.07, 6.45) is 0. The third-order valence-corrected chi connectivity index (χ3v) is 3.78. The lowest BCUT2D eigenvalue weighted by Gasteiger charge is -2.09. The number of methoxy groups -OCH3 is 1. The smallest absolute Gasteiger partial charge is 0.119 e. The van der Waals surface area contributed by atoms with E-state index in [2.05, 4.69) is 17.4 Å². The Kier molecular flexibility index (Phi) is 4.05. The number of hydrogen-bond donors (Lipinski definition) is 1. The first kappa shape index (κ1) is 12.4. The zero-order chi connectivity index (χ0) is 12.3. The van der Waals surface area contributed by atoms with Gasteiger partial charge in [-0.15, -0.1) is 11.3 Å². The molecule has 0 atom stereocenters. The molecule has 0 amide bonds. The molecule has 17 heavy (non-hydrogen) atoms. The van der Waals surface area contributed by atoms with Crippen LogP contribution in [0.5, 0.6) is 5.75 Å². The molecular formula is C13H14ClNOS. The Morgan fingerprint density at radius 2 is 2.12 bits per heavy atom. The number of rotatable bonds is 4. The molecule has 0 spiro atoms. The van der Waals surface area contributed by atoms with Crippen LogP contribution in [0.1, 0.15) is 5.56 Å². The second kappa shape index (κ2) is 5.54. The van der Waals surface area contributed by atoms with Crippen molar-refractivity contribution in [3.05, 3.63) is 40.2 Å². The Balaban J connectivity index is 2.45. The van der Waals surface area contributed by atoms with Gasteiger partial charge >= 0.3 is 0 Å². The third kappa shape index (κ3) is 2.80. The topological polar surface area (TPSA) is 21.3 Å². The predicted molar refractivity (Wildman–Crippen MR) is 74.1 cm³/mol. The SMILES string of the molecule is CNCc1cc(OC)ccc1-c1ccc(Cl)s1. The van der Waals surface area contributed by atoms with Gasteiger partial charge in [0.05, 0.1) is 11.4 Å². The predicted octanol–water partition coefficient (Wildman–Crippen LogP) is 3.80. The van der Waals surface area contributed by atoms with Crippen molar-refractivity contribution in [3.8, 4) is 16.2 Å². The highest BCUT2D eigenvalue weighted by molar-refractivity contribution is 7.19. The standard InChI is InChI=1S/C13H14ClNOS/c1-15-8-9-7-10(16-2)3-4-11(9)12-5-6-13(14)17-12/h3-7,15H,8H2,1-2H3. The molecule has 0 unspecified atom stereocenters. The van der Waals surface area contributed by atoms with Gasteiger partial charge in [-0.25, -0.2) is 0 Å². The van der Waals surface area contributed by atoms with Crippen LogP contribution in [0.3, 0.4) is 0 Å². The molecule has 2 nitrogen and oxygen atoms in total. The Bertz CT molecular complexity index is 510. The van der Waals surface area contributed by atoms with E-state index in [-0.39, 0.29) is 0 Å². The second-order valence-corrected chi connectivity index (χ2v) is 5.37. The van der Waals surface area contributed by atoms with Crippen LogP contribution in [0.4, 0.5) is 0 Å². The van der Waals surface area contributed by atoms with Crippen LogP contribution < -0.4 is 10.1 Å². The second-order valence-electron chi connectivity index (χ2n) is 3.66. The fourth-order valence-corrected chi connectivity index (χ4v) is 2.84. The lowest BCUT2D eigenvalue weighted by Crippen LogP contribution is -2.06. The molecule has 1 heterocycles. The molecule has 1 aromatic heterocycles. The highest BCUT2D eigenvalue weighted by Gasteiger charge is 2.08. The average Bonchev–Trinajstić information content (AvgIpc) is 2.76. The quantitative estimate of drug-likeness (QED) is 0.910. The van der Waals surface area contributed by atoms with Gasteiger partial charge < -0.3 is 10.1 Å². The minimum absolute atomic E-state index is 0.808. The molecule has 90 valence electrons. The summed E-state index contributed by atoms with van der Waals surface area (Å²) in [6, 6.07) is 10.1. The molecule has 1 aromatic carbocycles. The Labute approximate surface area is 110 Å². The van der Waals surface area contributed by atoms with Gasteiger partial charge in [-0.1, -0.05) is 11.6 Å². The first-order valence-electron chi connectivity index (χ1n) is 5.32. The molecule has 0 aliphatic rings. The summed E-state index contributed by atoms with van der Waals surface area (Å²) < 4.78 is 6.06. The van der Waals surface area contributed by atoms with Gasteiger partial charge in [-0.3, -0.25) is 0 Å². The molecule has 0 saturated heterocycles. The van der Waals surface area contributed by atoms with Gasteiger partial charge in [0.2, 0.25) is 0 Å². The molecule has 0 fully saturated rings. The fraction of sp³-hybridized carbons (Fsp3) is 0.231. The molecule has 0 radical (unpaired) electrons. The Hall–Kier alpha value is -1.03. The summed E-state index contributed by atoms with van der Waals surface area (Å²) in [6.45, 7) is 0.808. The molecule has 0 aliphatic heterocycles. The van der Waals surface area contributed by atoms with E-state index in [0.717, 1.165) is 16.6 Å². The highest BCUT2D eigenvalue weighted by atomic mass is 35.5.